The van der Waals surface area contributed by atoms with Crippen molar-refractivity contribution < 1.29 is 38.4 Å². The Labute approximate surface area is 347 Å². The van der Waals surface area contributed by atoms with E-state index < -0.39 is 6.04 Å². The van der Waals surface area contributed by atoms with Crippen molar-refractivity contribution in [1.82, 2.24) is 20.1 Å². The predicted molar refractivity (Wildman–Crippen MR) is 220 cm³/mol. The van der Waals surface area contributed by atoms with E-state index in [-0.39, 0.29) is 31.1 Å². The lowest BCUT2D eigenvalue weighted by molar-refractivity contribution is -0.126. The van der Waals surface area contributed by atoms with Gasteiger partial charge in [-0.05, 0) is 103 Å². The van der Waals surface area contributed by atoms with E-state index in [1.807, 2.05) is 86.6 Å². The van der Waals surface area contributed by atoms with Crippen LogP contribution in [0.5, 0.6) is 28.7 Å². The minimum atomic E-state index is -0.682. The monoisotopic (exact) mass is 826 g/mol. The first-order chi connectivity index (χ1) is 27.9. The van der Waals surface area contributed by atoms with Crippen molar-refractivity contribution >= 4 is 41.6 Å². The van der Waals surface area contributed by atoms with Gasteiger partial charge in [0, 0.05) is 51.1 Å². The fourth-order valence-corrected chi connectivity index (χ4v) is 6.93. The first-order valence-electron chi connectivity index (χ1n) is 18.6. The van der Waals surface area contributed by atoms with E-state index in [1.54, 1.807) is 37.3 Å². The second kappa shape index (κ2) is 19.0. The predicted octanol–water partition coefficient (Wildman–Crippen LogP) is 8.36. The van der Waals surface area contributed by atoms with Crippen LogP contribution in [0.3, 0.4) is 0 Å². The molecular weight excluding hydrogens is 783 g/mol. The van der Waals surface area contributed by atoms with E-state index in [0.717, 1.165) is 50.6 Å². The molecule has 0 saturated carbocycles. The molecule has 3 amide bonds. The first-order valence-corrected chi connectivity index (χ1v) is 19.3. The largest absolute Gasteiger partial charge is 0.489 e. The highest BCUT2D eigenvalue weighted by molar-refractivity contribution is 6.42. The van der Waals surface area contributed by atoms with Crippen LogP contribution in [0.2, 0.25) is 10.0 Å². The summed E-state index contributed by atoms with van der Waals surface area (Å²) in [5.74, 6) is 3.21. The third-order valence-corrected chi connectivity index (χ3v) is 10.6. The van der Waals surface area contributed by atoms with E-state index in [2.05, 4.69) is 10.3 Å². The van der Waals surface area contributed by atoms with Crippen molar-refractivity contribution in [3.05, 3.63) is 140 Å². The summed E-state index contributed by atoms with van der Waals surface area (Å²) in [7, 11) is 3.38. The minimum absolute atomic E-state index is 0.205. The third-order valence-electron chi connectivity index (χ3n) is 9.90. The zero-order chi connectivity index (χ0) is 41.3. The van der Waals surface area contributed by atoms with Crippen LogP contribution in [0, 0.1) is 13.8 Å². The van der Waals surface area contributed by atoms with Gasteiger partial charge in [0.15, 0.2) is 17.6 Å². The Morgan fingerprint density at radius 2 is 1.62 bits per heavy atom. The van der Waals surface area contributed by atoms with Crippen LogP contribution >= 0.6 is 23.2 Å². The van der Waals surface area contributed by atoms with Crippen molar-refractivity contribution in [2.45, 2.75) is 52.0 Å². The number of benzene rings is 4. The van der Waals surface area contributed by atoms with Crippen LogP contribution in [0.1, 0.15) is 45.2 Å². The number of ether oxygens (including phenoxy) is 4. The number of rotatable bonds is 10. The topological polar surface area (TPSA) is 140 Å². The summed E-state index contributed by atoms with van der Waals surface area (Å²) in [5, 5.41) is 10.9. The van der Waals surface area contributed by atoms with Crippen LogP contribution in [0.4, 0.5) is 4.79 Å². The molecule has 58 heavy (non-hydrogen) atoms. The van der Waals surface area contributed by atoms with Gasteiger partial charge >= 0.3 is 6.03 Å². The maximum Gasteiger partial charge on any atom is 0.320 e. The summed E-state index contributed by atoms with van der Waals surface area (Å²) in [6, 6.07) is 25.7. The van der Waals surface area contributed by atoms with Gasteiger partial charge in [-0.15, -0.1) is 0 Å². The van der Waals surface area contributed by atoms with Gasteiger partial charge in [-0.2, -0.15) is 0 Å². The number of halogens is 2. The lowest BCUT2D eigenvalue weighted by Crippen LogP contribution is -2.55. The molecule has 5 aromatic rings. The van der Waals surface area contributed by atoms with Crippen molar-refractivity contribution in [3.63, 3.8) is 0 Å². The molecule has 2 atom stereocenters. The highest BCUT2D eigenvalue weighted by Crippen LogP contribution is 2.41. The third kappa shape index (κ3) is 10.1. The van der Waals surface area contributed by atoms with E-state index in [9.17, 15) is 9.59 Å². The summed E-state index contributed by atoms with van der Waals surface area (Å²) in [6.45, 7) is 5.04. The van der Waals surface area contributed by atoms with Crippen LogP contribution < -0.4 is 24.3 Å². The summed E-state index contributed by atoms with van der Waals surface area (Å²) in [4.78, 5) is 42.9. The molecule has 12 nitrogen and oxygen atoms in total. The minimum Gasteiger partial charge on any atom is -0.489 e. The average molecular weight is 828 g/mol. The first kappa shape index (κ1) is 41.6. The fourth-order valence-electron chi connectivity index (χ4n) is 6.61. The van der Waals surface area contributed by atoms with Crippen molar-refractivity contribution in [2.75, 3.05) is 27.2 Å². The maximum atomic E-state index is 13.7. The number of pyridine rings is 1. The molecule has 2 unspecified atom stereocenters. The molecule has 3 heterocycles. The Kier molecular flexibility index (Phi) is 13.6. The number of aryl methyl sites for hydroxylation is 1. The number of hydrogen-bond acceptors (Lipinski definition) is 8. The number of fused-ring (bicyclic) bond motifs is 2. The molecule has 2 aliphatic rings. The Morgan fingerprint density at radius 3 is 2.33 bits per heavy atom. The second-order valence-electron chi connectivity index (χ2n) is 14.0. The van der Waals surface area contributed by atoms with Crippen LogP contribution in [0.15, 0.2) is 91.1 Å². The quantitative estimate of drug-likeness (QED) is 0.133. The number of nitrogens with zero attached hydrogens (tertiary/aromatic N) is 3. The Hall–Kier alpha value is -5.98. The normalized spacial score (nSPS) is 15.2. The molecule has 4 aromatic carbocycles. The van der Waals surface area contributed by atoms with Gasteiger partial charge in [-0.1, -0.05) is 53.5 Å². The number of aromatic nitrogens is 1. The van der Waals surface area contributed by atoms with E-state index in [1.165, 1.54) is 4.90 Å². The van der Waals surface area contributed by atoms with Gasteiger partial charge in [0.05, 0.1) is 10.0 Å². The molecule has 0 fully saturated rings. The van der Waals surface area contributed by atoms with Crippen molar-refractivity contribution in [3.8, 4) is 28.7 Å². The van der Waals surface area contributed by atoms with Crippen molar-refractivity contribution in [2.24, 2.45) is 0 Å². The van der Waals surface area contributed by atoms with Gasteiger partial charge in [-0.25, -0.2) is 4.79 Å². The molecule has 14 heteroatoms. The van der Waals surface area contributed by atoms with Gasteiger partial charge in [0.25, 0.3) is 6.47 Å². The molecule has 2 aliphatic heterocycles. The molecular formula is C44H44Cl2N4O8. The standard InChI is InChI=1S/C43H42Cl2N4O6.CH2O2/c1-26-27(2)46-18-16-38(26)54-34-10-5-28(6-11-34)15-17-47-42(50)37-20-31-21-39-40(22-32(31)23-49(37)43(51)48(3)4)55-41(25-53-39)30-8-12-33(13-9-30)52-24-29-7-14-35(44)36(45)19-29;2-1-3/h5-14,16,18-19,21-22,37,41H,15,17,20,23-25H2,1-4H3,(H,47,50);1H,(H,2,3). The molecule has 0 spiro atoms. The van der Waals surface area contributed by atoms with Crippen LogP contribution in [-0.2, 0) is 35.6 Å². The summed E-state index contributed by atoms with van der Waals surface area (Å²) < 4.78 is 24.7. The number of carbonyl (C=O) groups is 3. The molecule has 0 radical (unpaired) electrons. The van der Waals surface area contributed by atoms with E-state index in [0.29, 0.717) is 59.9 Å². The Bertz CT molecular complexity index is 2250. The molecule has 0 aliphatic carbocycles. The number of carbonyl (C=O) groups excluding carboxylic acids is 2. The zero-order valence-electron chi connectivity index (χ0n) is 32.5. The zero-order valence-corrected chi connectivity index (χ0v) is 34.0. The number of nitrogens with one attached hydrogen (secondary N) is 1. The van der Waals surface area contributed by atoms with Crippen LogP contribution in [0.25, 0.3) is 0 Å². The molecule has 2 N–H and O–H groups in total. The van der Waals surface area contributed by atoms with Gasteiger partial charge < -0.3 is 39.2 Å². The van der Waals surface area contributed by atoms with Gasteiger partial charge in [-0.3, -0.25) is 14.6 Å². The molecule has 302 valence electrons. The number of hydrogen-bond donors (Lipinski definition) is 2. The fraction of sp³-hybridized carbons (Fsp3) is 0.273. The lowest BCUT2D eigenvalue weighted by Gasteiger charge is -2.38. The van der Waals surface area contributed by atoms with E-state index >= 15 is 0 Å². The second-order valence-corrected chi connectivity index (χ2v) is 14.8. The molecule has 0 saturated heterocycles. The lowest BCUT2D eigenvalue weighted by atomic mass is 9.92. The number of carboxylic acid groups (broad SMARTS) is 1. The highest BCUT2D eigenvalue weighted by Gasteiger charge is 2.37. The van der Waals surface area contributed by atoms with Crippen molar-refractivity contribution in [1.29, 1.82) is 0 Å². The van der Waals surface area contributed by atoms with E-state index in [4.69, 9.17) is 52.1 Å². The number of urea groups is 1. The van der Waals surface area contributed by atoms with Crippen LogP contribution in [-0.4, -0.2) is 71.6 Å². The van der Waals surface area contributed by atoms with Gasteiger partial charge in [0.2, 0.25) is 5.91 Å². The Morgan fingerprint density at radius 1 is 0.931 bits per heavy atom. The molecule has 7 rings (SSSR count). The SMILES string of the molecule is Cc1nccc(Oc2ccc(CCNC(=O)C3Cc4cc5c(cc4CN3C(=O)N(C)C)OC(c3ccc(OCc4ccc(Cl)c(Cl)c4)cc3)CO5)cc2)c1C.O=CO. The summed E-state index contributed by atoms with van der Waals surface area (Å²) >= 11 is 12.2. The van der Waals surface area contributed by atoms with Gasteiger partial charge in [0.1, 0.15) is 36.5 Å². The molecule has 1 aromatic heterocycles. The maximum absolute atomic E-state index is 13.7. The summed E-state index contributed by atoms with van der Waals surface area (Å²) in [5.41, 5.74) is 6.69. The smallest absolute Gasteiger partial charge is 0.320 e. The average Bonchev–Trinajstić information content (AvgIpc) is 3.22. The highest BCUT2D eigenvalue weighted by atomic mass is 35.5. The molecule has 0 bridgehead atoms. The number of amides is 3. The summed E-state index contributed by atoms with van der Waals surface area (Å²) in [6.07, 6.45) is 2.37. The Balaban J connectivity index is 0.00000183.